The average molecular weight is 394 g/mol. The molecule has 1 fully saturated rings. The highest BCUT2D eigenvalue weighted by molar-refractivity contribution is 5.96. The van der Waals surface area contributed by atoms with E-state index in [9.17, 15) is 9.59 Å². The van der Waals surface area contributed by atoms with Crippen molar-refractivity contribution in [2.75, 3.05) is 31.6 Å². The molecular weight excluding hydrogens is 362 g/mol. The number of hydrogen-bond donors (Lipinski definition) is 1. The number of nitrogens with one attached hydrogen (secondary N) is 1. The van der Waals surface area contributed by atoms with Crippen LogP contribution < -0.4 is 10.2 Å². The van der Waals surface area contributed by atoms with Gasteiger partial charge in [-0.25, -0.2) is 0 Å². The Bertz CT molecular complexity index is 822. The maximum atomic E-state index is 13.0. The molecule has 0 aromatic heterocycles. The van der Waals surface area contributed by atoms with Gasteiger partial charge in [0.15, 0.2) is 0 Å². The van der Waals surface area contributed by atoms with Crippen LogP contribution in [-0.2, 0) is 9.59 Å². The van der Waals surface area contributed by atoms with E-state index < -0.39 is 0 Å². The second kappa shape index (κ2) is 10.2. The van der Waals surface area contributed by atoms with Crippen molar-refractivity contribution >= 4 is 17.5 Å². The van der Waals surface area contributed by atoms with Gasteiger partial charge in [0.2, 0.25) is 11.8 Å². The number of unbranched alkanes of at least 4 members (excludes halogenated alkanes) is 1. The molecule has 1 aliphatic rings. The molecule has 0 bridgehead atoms. The highest BCUT2D eigenvalue weighted by Gasteiger charge is 2.32. The summed E-state index contributed by atoms with van der Waals surface area (Å²) >= 11 is 0. The van der Waals surface area contributed by atoms with Gasteiger partial charge in [0.1, 0.15) is 0 Å². The zero-order chi connectivity index (χ0) is 20.6. The Kier molecular flexibility index (Phi) is 7.42. The number of benzene rings is 2. The normalized spacial score (nSPS) is 17.4. The minimum atomic E-state index is 0.0182. The maximum absolute atomic E-state index is 13.0. The number of hydrogen-bond acceptors (Lipinski definition) is 3. The van der Waals surface area contributed by atoms with Gasteiger partial charge in [0, 0.05) is 38.3 Å². The van der Waals surface area contributed by atoms with Crippen molar-refractivity contribution in [3.05, 3.63) is 54.6 Å². The highest BCUT2D eigenvalue weighted by atomic mass is 16.2. The molecule has 1 aliphatic heterocycles. The van der Waals surface area contributed by atoms with E-state index in [1.807, 2.05) is 35.2 Å². The topological polar surface area (TPSA) is 52.7 Å². The van der Waals surface area contributed by atoms with Crippen molar-refractivity contribution in [2.45, 2.75) is 38.6 Å². The molecule has 0 unspecified atom stereocenters. The summed E-state index contributed by atoms with van der Waals surface area (Å²) in [4.78, 5) is 28.8. The molecule has 1 saturated heterocycles. The van der Waals surface area contributed by atoms with Crippen LogP contribution in [0.3, 0.4) is 0 Å². The molecule has 0 aliphatic carbocycles. The monoisotopic (exact) mass is 393 g/mol. The van der Waals surface area contributed by atoms with Crippen LogP contribution in [0.1, 0.15) is 32.6 Å². The summed E-state index contributed by atoms with van der Waals surface area (Å²) in [6.45, 7) is 3.84. The van der Waals surface area contributed by atoms with E-state index in [0.717, 1.165) is 36.1 Å². The van der Waals surface area contributed by atoms with E-state index in [4.69, 9.17) is 0 Å². The lowest BCUT2D eigenvalue weighted by atomic mass is 10.0. The zero-order valence-electron chi connectivity index (χ0n) is 17.4. The molecule has 3 rings (SSSR count). The van der Waals surface area contributed by atoms with Gasteiger partial charge >= 0.3 is 0 Å². The van der Waals surface area contributed by atoms with Gasteiger partial charge in [-0.05, 0) is 29.7 Å². The number of carbonyl (C=O) groups is 2. The third kappa shape index (κ3) is 5.45. The number of rotatable bonds is 8. The van der Waals surface area contributed by atoms with Crippen LogP contribution in [0.25, 0.3) is 11.1 Å². The average Bonchev–Trinajstić information content (AvgIpc) is 2.77. The molecule has 29 heavy (non-hydrogen) atoms. The highest BCUT2D eigenvalue weighted by Crippen LogP contribution is 2.27. The van der Waals surface area contributed by atoms with Crippen LogP contribution in [-0.4, -0.2) is 49.4 Å². The van der Waals surface area contributed by atoms with E-state index >= 15 is 0 Å². The van der Waals surface area contributed by atoms with Gasteiger partial charge in [-0.2, -0.15) is 0 Å². The maximum Gasteiger partial charge on any atom is 0.241 e. The van der Waals surface area contributed by atoms with E-state index in [1.165, 1.54) is 0 Å². The summed E-state index contributed by atoms with van der Waals surface area (Å²) in [5, 5.41) is 2.67. The molecule has 0 spiro atoms. The first-order chi connectivity index (χ1) is 14.1. The smallest absolute Gasteiger partial charge is 0.241 e. The number of amides is 2. The molecule has 2 aromatic rings. The molecule has 2 aromatic carbocycles. The summed E-state index contributed by atoms with van der Waals surface area (Å²) in [5.41, 5.74) is 3.21. The van der Waals surface area contributed by atoms with Gasteiger partial charge in [0.05, 0.1) is 6.54 Å². The summed E-state index contributed by atoms with van der Waals surface area (Å²) in [7, 11) is 1.65. The minimum absolute atomic E-state index is 0.0182. The first kappa shape index (κ1) is 21.1. The van der Waals surface area contributed by atoms with Crippen molar-refractivity contribution in [1.29, 1.82) is 0 Å². The van der Waals surface area contributed by atoms with E-state index in [1.54, 1.807) is 7.05 Å². The quantitative estimate of drug-likeness (QED) is 0.744. The van der Waals surface area contributed by atoms with Gasteiger partial charge < -0.3 is 10.2 Å². The fraction of sp³-hybridized carbons (Fsp3) is 0.417. The van der Waals surface area contributed by atoms with Gasteiger partial charge in [-0.3, -0.25) is 14.5 Å². The van der Waals surface area contributed by atoms with E-state index in [2.05, 4.69) is 41.4 Å². The summed E-state index contributed by atoms with van der Waals surface area (Å²) in [6, 6.07) is 18.7. The van der Waals surface area contributed by atoms with Crippen LogP contribution in [0.4, 0.5) is 5.69 Å². The third-order valence-electron chi connectivity index (χ3n) is 5.61. The van der Waals surface area contributed by atoms with Crippen LogP contribution in [0, 0.1) is 0 Å². The number of anilines is 1. The first-order valence-corrected chi connectivity index (χ1v) is 10.5. The van der Waals surface area contributed by atoms with Crippen molar-refractivity contribution in [3.63, 3.8) is 0 Å². The Morgan fingerprint density at radius 1 is 1.10 bits per heavy atom. The second-order valence-electron chi connectivity index (χ2n) is 7.61. The lowest BCUT2D eigenvalue weighted by Gasteiger charge is -2.41. The lowest BCUT2D eigenvalue weighted by molar-refractivity contribution is -0.125. The standard InChI is InChI=1S/C24H31N3O2/c1-3-4-12-22-17-27(24(29)18-26(22)15-14-23(28)25-2)21-13-8-11-20(16-21)19-9-6-5-7-10-19/h5-11,13,16,22H,3-4,12,14-15,17-18H2,1-2H3,(H,25,28)/t22-/m0/s1. The Hall–Kier alpha value is -2.66. The Morgan fingerprint density at radius 3 is 2.59 bits per heavy atom. The van der Waals surface area contributed by atoms with Gasteiger partial charge in [-0.1, -0.05) is 62.2 Å². The van der Waals surface area contributed by atoms with Crippen LogP contribution in [0.15, 0.2) is 54.6 Å². The van der Waals surface area contributed by atoms with E-state index in [0.29, 0.717) is 26.1 Å². The van der Waals surface area contributed by atoms with Crippen molar-refractivity contribution < 1.29 is 9.59 Å². The summed E-state index contributed by atoms with van der Waals surface area (Å²) < 4.78 is 0. The molecule has 1 heterocycles. The second-order valence-corrected chi connectivity index (χ2v) is 7.61. The Labute approximate surface area is 173 Å². The minimum Gasteiger partial charge on any atom is -0.359 e. The van der Waals surface area contributed by atoms with Gasteiger partial charge in [-0.15, -0.1) is 0 Å². The third-order valence-corrected chi connectivity index (χ3v) is 5.61. The van der Waals surface area contributed by atoms with E-state index in [-0.39, 0.29) is 17.9 Å². The van der Waals surface area contributed by atoms with Crippen molar-refractivity contribution in [3.8, 4) is 11.1 Å². The van der Waals surface area contributed by atoms with Crippen LogP contribution in [0.5, 0.6) is 0 Å². The first-order valence-electron chi connectivity index (χ1n) is 10.5. The zero-order valence-corrected chi connectivity index (χ0v) is 17.4. The molecule has 0 saturated carbocycles. The fourth-order valence-corrected chi connectivity index (χ4v) is 3.89. The summed E-state index contributed by atoms with van der Waals surface area (Å²) in [5.74, 6) is 0.115. The molecule has 1 N–H and O–H groups in total. The predicted molar refractivity (Wildman–Crippen MR) is 118 cm³/mol. The molecule has 0 radical (unpaired) electrons. The SMILES string of the molecule is CCCC[C@H]1CN(c2cccc(-c3ccccc3)c2)C(=O)CN1CCC(=O)NC. The van der Waals surface area contributed by atoms with Crippen molar-refractivity contribution in [1.82, 2.24) is 10.2 Å². The lowest BCUT2D eigenvalue weighted by Crippen LogP contribution is -2.56. The number of nitrogens with zero attached hydrogens (tertiary/aromatic N) is 2. The Morgan fingerprint density at radius 2 is 1.86 bits per heavy atom. The molecule has 1 atom stereocenters. The van der Waals surface area contributed by atoms with Crippen LogP contribution >= 0.6 is 0 Å². The summed E-state index contributed by atoms with van der Waals surface area (Å²) in [6.07, 6.45) is 3.70. The van der Waals surface area contributed by atoms with Gasteiger partial charge in [0.25, 0.3) is 0 Å². The molecule has 5 heteroatoms. The number of carbonyl (C=O) groups excluding carboxylic acids is 2. The fourth-order valence-electron chi connectivity index (χ4n) is 3.89. The molecule has 154 valence electrons. The molecule has 5 nitrogen and oxygen atoms in total. The van der Waals surface area contributed by atoms with Crippen LogP contribution in [0.2, 0.25) is 0 Å². The largest absolute Gasteiger partial charge is 0.359 e. The number of piperazine rings is 1. The van der Waals surface area contributed by atoms with Crippen molar-refractivity contribution in [2.24, 2.45) is 0 Å². The molecule has 2 amide bonds. The predicted octanol–water partition coefficient (Wildman–Crippen LogP) is 3.70. The Balaban J connectivity index is 1.78. The molecular formula is C24H31N3O2.